The first-order valence-electron chi connectivity index (χ1n) is 8.72. The molecule has 2 fully saturated rings. The molecule has 0 radical (unpaired) electrons. The molecule has 0 aliphatic carbocycles. The highest BCUT2D eigenvalue weighted by molar-refractivity contribution is 7.13. The van der Waals surface area contributed by atoms with Gasteiger partial charge in [-0.1, -0.05) is 0 Å². The van der Waals surface area contributed by atoms with Crippen LogP contribution >= 0.6 is 11.3 Å². The molecular weight excluding hydrogens is 322 g/mol. The number of aromatic nitrogens is 1. The van der Waals surface area contributed by atoms with Gasteiger partial charge in [0.2, 0.25) is 5.91 Å². The van der Waals surface area contributed by atoms with Crippen molar-refractivity contribution in [3.8, 4) is 10.8 Å². The number of likely N-dealkylation sites (tertiary alicyclic amines) is 2. The van der Waals surface area contributed by atoms with E-state index in [2.05, 4.69) is 15.2 Å². The SMILES string of the molecule is CC(=O)N1CCC[C@H]1[C@@H]1CCCN1Cc1csc(-c2ccco2)n1. The van der Waals surface area contributed by atoms with Gasteiger partial charge in [0.15, 0.2) is 10.8 Å². The van der Waals surface area contributed by atoms with E-state index in [0.717, 1.165) is 48.9 Å². The number of amides is 1. The van der Waals surface area contributed by atoms with Crippen LogP contribution in [0.5, 0.6) is 0 Å². The van der Waals surface area contributed by atoms with Crippen LogP contribution in [0.15, 0.2) is 28.2 Å². The molecule has 2 aromatic rings. The summed E-state index contributed by atoms with van der Waals surface area (Å²) in [6.07, 6.45) is 6.35. The molecule has 2 aliphatic rings. The van der Waals surface area contributed by atoms with Crippen LogP contribution in [-0.2, 0) is 11.3 Å². The second-order valence-electron chi connectivity index (χ2n) is 6.72. The Hall–Kier alpha value is -1.66. The standard InChI is InChI=1S/C18H23N3O2S/c1-13(22)21-9-3-6-16(21)15-5-2-8-20(15)11-14-12-24-18(19-14)17-7-4-10-23-17/h4,7,10,12,15-16H,2-3,5-6,8-9,11H2,1H3/t15-,16-/m0/s1. The molecule has 0 N–H and O–H groups in total. The molecule has 0 unspecified atom stereocenters. The topological polar surface area (TPSA) is 49.6 Å². The molecule has 2 aromatic heterocycles. The summed E-state index contributed by atoms with van der Waals surface area (Å²) in [5, 5.41) is 3.07. The Labute approximate surface area is 146 Å². The van der Waals surface area contributed by atoms with Gasteiger partial charge in [-0.3, -0.25) is 9.69 Å². The van der Waals surface area contributed by atoms with Crippen molar-refractivity contribution >= 4 is 17.2 Å². The maximum Gasteiger partial charge on any atom is 0.219 e. The van der Waals surface area contributed by atoms with E-state index in [0.29, 0.717) is 12.1 Å². The predicted octanol–water partition coefficient (Wildman–Crippen LogP) is 3.38. The van der Waals surface area contributed by atoms with Gasteiger partial charge >= 0.3 is 0 Å². The zero-order valence-corrected chi connectivity index (χ0v) is 14.8. The number of nitrogens with zero attached hydrogens (tertiary/aromatic N) is 3. The largest absolute Gasteiger partial charge is 0.462 e. The van der Waals surface area contributed by atoms with Gasteiger partial charge in [0, 0.05) is 37.5 Å². The Morgan fingerprint density at radius 2 is 2.17 bits per heavy atom. The lowest BCUT2D eigenvalue weighted by Gasteiger charge is -2.34. The number of furan rings is 1. The molecule has 1 amide bonds. The van der Waals surface area contributed by atoms with E-state index >= 15 is 0 Å². The first-order chi connectivity index (χ1) is 11.7. The number of hydrogen-bond donors (Lipinski definition) is 0. The Balaban J connectivity index is 1.47. The molecule has 0 saturated carbocycles. The van der Waals surface area contributed by atoms with Crippen LogP contribution in [0.4, 0.5) is 0 Å². The highest BCUT2D eigenvalue weighted by Crippen LogP contribution is 2.32. The van der Waals surface area contributed by atoms with Crippen molar-refractivity contribution in [3.05, 3.63) is 29.5 Å². The second kappa shape index (κ2) is 6.69. The van der Waals surface area contributed by atoms with E-state index in [1.165, 1.54) is 12.8 Å². The quantitative estimate of drug-likeness (QED) is 0.852. The number of carbonyl (C=O) groups excluding carboxylic acids is 1. The third-order valence-corrected chi connectivity index (χ3v) is 6.12. The average molecular weight is 345 g/mol. The van der Waals surface area contributed by atoms with Crippen LogP contribution < -0.4 is 0 Å². The minimum absolute atomic E-state index is 0.220. The average Bonchev–Trinajstić information content (AvgIpc) is 3.35. The van der Waals surface area contributed by atoms with Crippen molar-refractivity contribution in [2.75, 3.05) is 13.1 Å². The van der Waals surface area contributed by atoms with E-state index in [4.69, 9.17) is 9.40 Å². The van der Waals surface area contributed by atoms with E-state index < -0.39 is 0 Å². The van der Waals surface area contributed by atoms with E-state index in [-0.39, 0.29) is 5.91 Å². The van der Waals surface area contributed by atoms with Gasteiger partial charge in [-0.05, 0) is 44.4 Å². The van der Waals surface area contributed by atoms with Gasteiger partial charge in [-0.15, -0.1) is 11.3 Å². The molecule has 24 heavy (non-hydrogen) atoms. The van der Waals surface area contributed by atoms with Crippen molar-refractivity contribution in [1.82, 2.24) is 14.8 Å². The normalized spacial score (nSPS) is 24.8. The summed E-state index contributed by atoms with van der Waals surface area (Å²) >= 11 is 1.63. The van der Waals surface area contributed by atoms with Gasteiger partial charge in [-0.2, -0.15) is 0 Å². The molecule has 2 atom stereocenters. The number of thiazole rings is 1. The van der Waals surface area contributed by atoms with E-state index in [1.807, 2.05) is 12.1 Å². The molecule has 0 aromatic carbocycles. The van der Waals surface area contributed by atoms with Crippen molar-refractivity contribution in [2.24, 2.45) is 0 Å². The molecule has 0 spiro atoms. The third kappa shape index (κ3) is 3.00. The van der Waals surface area contributed by atoms with Gasteiger partial charge in [0.1, 0.15) is 0 Å². The van der Waals surface area contributed by atoms with Crippen molar-refractivity contribution in [1.29, 1.82) is 0 Å². The van der Waals surface area contributed by atoms with Crippen molar-refractivity contribution in [2.45, 2.75) is 51.2 Å². The number of hydrogen-bond acceptors (Lipinski definition) is 5. The fourth-order valence-electron chi connectivity index (χ4n) is 4.17. The summed E-state index contributed by atoms with van der Waals surface area (Å²) in [7, 11) is 0. The first-order valence-corrected chi connectivity index (χ1v) is 9.60. The van der Waals surface area contributed by atoms with Gasteiger partial charge in [0.25, 0.3) is 0 Å². The molecule has 4 rings (SSSR count). The summed E-state index contributed by atoms with van der Waals surface area (Å²) in [5.74, 6) is 1.06. The van der Waals surface area contributed by atoms with E-state index in [1.54, 1.807) is 24.5 Å². The van der Waals surface area contributed by atoms with Crippen LogP contribution in [0.2, 0.25) is 0 Å². The fraction of sp³-hybridized carbons (Fsp3) is 0.556. The number of rotatable bonds is 4. The monoisotopic (exact) mass is 345 g/mol. The van der Waals surface area contributed by atoms with E-state index in [9.17, 15) is 4.79 Å². The van der Waals surface area contributed by atoms with Gasteiger partial charge in [0.05, 0.1) is 12.0 Å². The van der Waals surface area contributed by atoms with Crippen LogP contribution in [0.25, 0.3) is 10.8 Å². The maximum atomic E-state index is 11.9. The molecular formula is C18H23N3O2S. The third-order valence-electron chi connectivity index (χ3n) is 5.21. The summed E-state index contributed by atoms with van der Waals surface area (Å²) in [6, 6.07) is 4.70. The summed E-state index contributed by atoms with van der Waals surface area (Å²) in [6.45, 7) is 4.59. The molecule has 5 nitrogen and oxygen atoms in total. The Morgan fingerprint density at radius 1 is 1.33 bits per heavy atom. The van der Waals surface area contributed by atoms with Crippen molar-refractivity contribution < 1.29 is 9.21 Å². The van der Waals surface area contributed by atoms with Crippen LogP contribution in [0.3, 0.4) is 0 Å². The zero-order valence-electron chi connectivity index (χ0n) is 14.0. The molecule has 2 aliphatic heterocycles. The molecule has 2 saturated heterocycles. The minimum Gasteiger partial charge on any atom is -0.462 e. The zero-order chi connectivity index (χ0) is 16.5. The van der Waals surface area contributed by atoms with Gasteiger partial charge in [-0.25, -0.2) is 4.98 Å². The first kappa shape index (κ1) is 15.8. The predicted molar refractivity (Wildman–Crippen MR) is 93.7 cm³/mol. The lowest BCUT2D eigenvalue weighted by molar-refractivity contribution is -0.130. The lowest BCUT2D eigenvalue weighted by atomic mass is 10.0. The number of carbonyl (C=O) groups is 1. The summed E-state index contributed by atoms with van der Waals surface area (Å²) in [4.78, 5) is 21.2. The fourth-order valence-corrected chi connectivity index (χ4v) is 4.95. The van der Waals surface area contributed by atoms with Crippen molar-refractivity contribution in [3.63, 3.8) is 0 Å². The molecule has 0 bridgehead atoms. The lowest BCUT2D eigenvalue weighted by Crippen LogP contribution is -2.47. The Morgan fingerprint density at radius 3 is 2.96 bits per heavy atom. The van der Waals surface area contributed by atoms with Crippen LogP contribution in [0, 0.1) is 0 Å². The Bertz CT molecular complexity index is 697. The Kier molecular flexibility index (Phi) is 4.41. The molecule has 128 valence electrons. The molecule has 4 heterocycles. The van der Waals surface area contributed by atoms with Crippen LogP contribution in [-0.4, -0.2) is 45.9 Å². The summed E-state index contributed by atoms with van der Waals surface area (Å²) in [5.41, 5.74) is 1.10. The molecule has 6 heteroatoms. The highest BCUT2D eigenvalue weighted by atomic mass is 32.1. The smallest absolute Gasteiger partial charge is 0.219 e. The summed E-state index contributed by atoms with van der Waals surface area (Å²) < 4.78 is 5.44. The van der Waals surface area contributed by atoms with Gasteiger partial charge < -0.3 is 9.32 Å². The second-order valence-corrected chi connectivity index (χ2v) is 7.58. The minimum atomic E-state index is 0.220. The highest BCUT2D eigenvalue weighted by Gasteiger charge is 2.38. The maximum absolute atomic E-state index is 11.9. The van der Waals surface area contributed by atoms with Crippen LogP contribution in [0.1, 0.15) is 38.3 Å².